The highest BCUT2D eigenvalue weighted by molar-refractivity contribution is 5.88. The van der Waals surface area contributed by atoms with Crippen molar-refractivity contribution in [2.75, 3.05) is 19.8 Å². The molecule has 0 atom stereocenters. The largest absolute Gasteiger partial charge is 0.462 e. The van der Waals surface area contributed by atoms with E-state index in [9.17, 15) is 9.59 Å². The van der Waals surface area contributed by atoms with Crippen molar-refractivity contribution in [2.24, 2.45) is 17.6 Å². The highest BCUT2D eigenvalue weighted by Gasteiger charge is 2.16. The van der Waals surface area contributed by atoms with E-state index in [1.54, 1.807) is 6.92 Å². The van der Waals surface area contributed by atoms with E-state index in [1.807, 2.05) is 13.8 Å². The van der Waals surface area contributed by atoms with Gasteiger partial charge in [-0.2, -0.15) is 0 Å². The van der Waals surface area contributed by atoms with Gasteiger partial charge in [0.2, 0.25) is 0 Å². The number of carbonyl (C=O) groups is 2. The van der Waals surface area contributed by atoms with Crippen LogP contribution >= 0.6 is 0 Å². The van der Waals surface area contributed by atoms with Gasteiger partial charge in [0.1, 0.15) is 6.61 Å². The summed E-state index contributed by atoms with van der Waals surface area (Å²) in [6.07, 6.45) is 9.17. The zero-order valence-electron chi connectivity index (χ0n) is 19.6. The summed E-state index contributed by atoms with van der Waals surface area (Å²) in [6, 6.07) is 0. The highest BCUT2D eigenvalue weighted by atomic mass is 16.5. The van der Waals surface area contributed by atoms with Crippen molar-refractivity contribution in [3.8, 4) is 0 Å². The first-order valence-electron chi connectivity index (χ1n) is 11.1. The van der Waals surface area contributed by atoms with Crippen LogP contribution in [0.5, 0.6) is 0 Å². The van der Waals surface area contributed by atoms with E-state index < -0.39 is 0 Å². The average molecular weight is 412 g/mol. The van der Waals surface area contributed by atoms with Crippen molar-refractivity contribution in [2.45, 2.75) is 86.0 Å². The molecule has 0 unspecified atom stereocenters. The Morgan fingerprint density at radius 3 is 1.86 bits per heavy atom. The summed E-state index contributed by atoms with van der Waals surface area (Å²) in [5, 5.41) is 0. The van der Waals surface area contributed by atoms with Crippen LogP contribution in [-0.4, -0.2) is 31.7 Å². The van der Waals surface area contributed by atoms with Gasteiger partial charge in [-0.1, -0.05) is 73.0 Å². The molecule has 0 fully saturated rings. The third-order valence-electron chi connectivity index (χ3n) is 4.60. The Balaban J connectivity index is 0. The number of hydrogen-bond acceptors (Lipinski definition) is 5. The van der Waals surface area contributed by atoms with Crippen LogP contribution in [0.4, 0.5) is 0 Å². The number of rotatable bonds is 15. The van der Waals surface area contributed by atoms with Crippen LogP contribution in [-0.2, 0) is 19.1 Å². The number of ether oxygens (including phenoxy) is 2. The summed E-state index contributed by atoms with van der Waals surface area (Å²) in [6.45, 7) is 18.7. The minimum absolute atomic E-state index is 0.241. The second kappa shape index (κ2) is 19.7. The summed E-state index contributed by atoms with van der Waals surface area (Å²) < 4.78 is 9.88. The van der Waals surface area contributed by atoms with Crippen molar-refractivity contribution >= 4 is 11.9 Å². The van der Waals surface area contributed by atoms with E-state index in [2.05, 4.69) is 27.0 Å². The lowest BCUT2D eigenvalue weighted by Crippen LogP contribution is -2.18. The van der Waals surface area contributed by atoms with Gasteiger partial charge in [-0.15, -0.1) is 0 Å². The molecule has 5 heteroatoms. The van der Waals surface area contributed by atoms with E-state index in [4.69, 9.17) is 15.2 Å². The van der Waals surface area contributed by atoms with Gasteiger partial charge in [0.05, 0.1) is 6.61 Å². The molecule has 0 saturated heterocycles. The quantitative estimate of drug-likeness (QED) is 0.216. The van der Waals surface area contributed by atoms with E-state index in [0.29, 0.717) is 24.3 Å². The molecule has 2 N–H and O–H groups in total. The third-order valence-corrected chi connectivity index (χ3v) is 4.60. The second-order valence-electron chi connectivity index (χ2n) is 7.83. The molecule has 0 aromatic rings. The van der Waals surface area contributed by atoms with Gasteiger partial charge < -0.3 is 15.2 Å². The molecule has 0 saturated carbocycles. The molecular formula is C24H45NO4. The monoisotopic (exact) mass is 411 g/mol. The lowest BCUT2D eigenvalue weighted by atomic mass is 9.95. The Kier molecular flexibility index (Phi) is 20.1. The Morgan fingerprint density at radius 1 is 0.862 bits per heavy atom. The van der Waals surface area contributed by atoms with Crippen LogP contribution in [0.1, 0.15) is 86.0 Å². The first-order chi connectivity index (χ1) is 13.7. The smallest absolute Gasteiger partial charge is 0.333 e. The standard InChI is InChI=1S/C14H26O2.C10H19NO2/c1-12(2)10-8-6-5-7-9-11-16-14(15)13(3)4;1-4-9(5-2)8(3)10(12)13-7-6-11/h12H,3,5-11H2,1-2,4H3;9H,3-7,11H2,1-2H3. The highest BCUT2D eigenvalue weighted by Crippen LogP contribution is 2.18. The average Bonchev–Trinajstić information content (AvgIpc) is 2.68. The third kappa shape index (κ3) is 18.2. The first-order valence-corrected chi connectivity index (χ1v) is 11.1. The minimum atomic E-state index is -0.306. The maximum Gasteiger partial charge on any atom is 0.333 e. The molecule has 0 heterocycles. The first kappa shape index (κ1) is 29.6. The molecule has 170 valence electrons. The molecule has 0 aromatic heterocycles. The van der Waals surface area contributed by atoms with Gasteiger partial charge in [-0.3, -0.25) is 0 Å². The van der Waals surface area contributed by atoms with Gasteiger partial charge in [0, 0.05) is 17.7 Å². The predicted molar refractivity (Wildman–Crippen MR) is 122 cm³/mol. The van der Waals surface area contributed by atoms with E-state index in [-0.39, 0.29) is 24.5 Å². The van der Waals surface area contributed by atoms with E-state index >= 15 is 0 Å². The van der Waals surface area contributed by atoms with E-state index in [0.717, 1.165) is 31.6 Å². The molecule has 0 amide bonds. The second-order valence-corrected chi connectivity index (χ2v) is 7.83. The Hall–Kier alpha value is -1.62. The minimum Gasteiger partial charge on any atom is -0.462 e. The molecular weight excluding hydrogens is 366 g/mol. The lowest BCUT2D eigenvalue weighted by molar-refractivity contribution is -0.140. The van der Waals surface area contributed by atoms with Gasteiger partial charge >= 0.3 is 11.9 Å². The van der Waals surface area contributed by atoms with Crippen LogP contribution < -0.4 is 5.73 Å². The summed E-state index contributed by atoms with van der Waals surface area (Å²) in [7, 11) is 0. The molecule has 29 heavy (non-hydrogen) atoms. The molecule has 0 aliphatic rings. The summed E-state index contributed by atoms with van der Waals surface area (Å²) in [4.78, 5) is 22.3. The summed E-state index contributed by atoms with van der Waals surface area (Å²) >= 11 is 0. The van der Waals surface area contributed by atoms with E-state index in [1.165, 1.54) is 25.7 Å². The molecule has 0 rings (SSSR count). The Labute approximate surface area is 179 Å². The Morgan fingerprint density at radius 2 is 1.38 bits per heavy atom. The predicted octanol–water partition coefficient (Wildman–Crippen LogP) is 5.58. The van der Waals surface area contributed by atoms with Crippen LogP contribution in [0.15, 0.2) is 24.3 Å². The van der Waals surface area contributed by atoms with Crippen molar-refractivity contribution < 1.29 is 19.1 Å². The number of unbranched alkanes of at least 4 members (excludes halogenated alkanes) is 4. The fraction of sp³-hybridized carbons (Fsp3) is 0.750. The maximum absolute atomic E-state index is 11.3. The Bertz CT molecular complexity index is 468. The number of esters is 2. The SMILES string of the molecule is C=C(C(=O)OCCN)C(CC)CC.C=C(C)C(=O)OCCCCCCCC(C)C. The number of hydrogen-bond donors (Lipinski definition) is 1. The lowest BCUT2D eigenvalue weighted by Gasteiger charge is -2.14. The fourth-order valence-corrected chi connectivity index (χ4v) is 2.67. The van der Waals surface area contributed by atoms with Crippen molar-refractivity contribution in [1.82, 2.24) is 0 Å². The molecule has 0 radical (unpaired) electrons. The summed E-state index contributed by atoms with van der Waals surface area (Å²) in [5.74, 6) is 0.487. The number of nitrogens with two attached hydrogens (primary N) is 1. The van der Waals surface area contributed by atoms with Gasteiger partial charge in [-0.25, -0.2) is 9.59 Å². The maximum atomic E-state index is 11.3. The van der Waals surface area contributed by atoms with Crippen LogP contribution in [0, 0.1) is 11.8 Å². The molecule has 5 nitrogen and oxygen atoms in total. The molecule has 0 bridgehead atoms. The molecule has 0 aliphatic carbocycles. The zero-order chi connectivity index (χ0) is 22.7. The van der Waals surface area contributed by atoms with Crippen molar-refractivity contribution in [3.63, 3.8) is 0 Å². The van der Waals surface area contributed by atoms with Gasteiger partial charge in [-0.05, 0) is 38.0 Å². The van der Waals surface area contributed by atoms with Crippen LogP contribution in [0.3, 0.4) is 0 Å². The molecule has 0 aliphatic heterocycles. The van der Waals surface area contributed by atoms with Crippen LogP contribution in [0.2, 0.25) is 0 Å². The topological polar surface area (TPSA) is 78.6 Å². The van der Waals surface area contributed by atoms with Crippen molar-refractivity contribution in [3.05, 3.63) is 24.3 Å². The van der Waals surface area contributed by atoms with Crippen molar-refractivity contribution in [1.29, 1.82) is 0 Å². The molecule has 0 spiro atoms. The fourth-order valence-electron chi connectivity index (χ4n) is 2.67. The molecule has 0 aromatic carbocycles. The number of carbonyl (C=O) groups excluding carboxylic acids is 2. The van der Waals surface area contributed by atoms with Gasteiger partial charge in [0.15, 0.2) is 0 Å². The summed E-state index contributed by atoms with van der Waals surface area (Å²) in [5.41, 5.74) is 6.26. The van der Waals surface area contributed by atoms with Crippen LogP contribution in [0.25, 0.3) is 0 Å². The van der Waals surface area contributed by atoms with Gasteiger partial charge in [0.25, 0.3) is 0 Å². The normalized spacial score (nSPS) is 10.3. The zero-order valence-corrected chi connectivity index (χ0v) is 19.6.